The molecular weight excluding hydrogens is 300 g/mol. The van der Waals surface area contributed by atoms with Crippen LogP contribution in [0.5, 0.6) is 5.75 Å². The van der Waals surface area contributed by atoms with Crippen LogP contribution in [-0.2, 0) is 11.2 Å². The number of nitrogens with zero attached hydrogens (tertiary/aromatic N) is 1. The van der Waals surface area contributed by atoms with Gasteiger partial charge in [-0.1, -0.05) is 17.7 Å². The van der Waals surface area contributed by atoms with Crippen LogP contribution >= 0.6 is 11.6 Å². The predicted octanol–water partition coefficient (Wildman–Crippen LogP) is 3.25. The van der Waals surface area contributed by atoms with Crippen LogP contribution in [0.2, 0.25) is 5.02 Å². The van der Waals surface area contributed by atoms with E-state index in [1.165, 1.54) is 0 Å². The number of carbonyl (C=O) groups is 1. The highest BCUT2D eigenvalue weighted by atomic mass is 35.5. The zero-order valence-corrected chi connectivity index (χ0v) is 13.4. The maximum absolute atomic E-state index is 12.2. The van der Waals surface area contributed by atoms with E-state index in [4.69, 9.17) is 16.3 Å². The molecule has 5 heteroatoms. The molecule has 2 aromatic rings. The highest BCUT2D eigenvalue weighted by Crippen LogP contribution is 2.20. The van der Waals surface area contributed by atoms with E-state index in [0.29, 0.717) is 23.7 Å². The Bertz CT molecular complexity index is 612. The van der Waals surface area contributed by atoms with Gasteiger partial charge in [0.15, 0.2) is 5.60 Å². The Hall–Kier alpha value is -2.07. The maximum atomic E-state index is 12.2. The molecule has 0 bridgehead atoms. The first kappa shape index (κ1) is 16.3. The highest BCUT2D eigenvalue weighted by Gasteiger charge is 2.29. The fourth-order valence-corrected chi connectivity index (χ4v) is 2.03. The van der Waals surface area contributed by atoms with Crippen LogP contribution in [0.4, 0.5) is 0 Å². The molecule has 0 radical (unpaired) electrons. The smallest absolute Gasteiger partial charge is 0.263 e. The van der Waals surface area contributed by atoms with Crippen molar-refractivity contribution in [2.75, 3.05) is 6.54 Å². The minimum atomic E-state index is -0.960. The largest absolute Gasteiger partial charge is 0.478 e. The number of amides is 1. The second-order valence-corrected chi connectivity index (χ2v) is 5.83. The van der Waals surface area contributed by atoms with Gasteiger partial charge in [-0.25, -0.2) is 0 Å². The fraction of sp³-hybridized carbons (Fsp3) is 0.294. The summed E-state index contributed by atoms with van der Waals surface area (Å²) in [5, 5.41) is 3.50. The van der Waals surface area contributed by atoms with Crippen molar-refractivity contribution in [2.24, 2.45) is 0 Å². The van der Waals surface area contributed by atoms with E-state index in [1.807, 2.05) is 18.2 Å². The Labute approximate surface area is 135 Å². The summed E-state index contributed by atoms with van der Waals surface area (Å²) >= 11 is 5.83. The quantitative estimate of drug-likeness (QED) is 0.889. The number of hydrogen-bond acceptors (Lipinski definition) is 3. The third-order valence-corrected chi connectivity index (χ3v) is 3.38. The molecule has 4 nitrogen and oxygen atoms in total. The van der Waals surface area contributed by atoms with Gasteiger partial charge in [0.1, 0.15) is 5.75 Å². The lowest BCUT2D eigenvalue weighted by molar-refractivity contribution is -0.134. The van der Waals surface area contributed by atoms with Gasteiger partial charge in [-0.15, -0.1) is 0 Å². The molecule has 0 aliphatic carbocycles. The average Bonchev–Trinajstić information content (AvgIpc) is 2.50. The van der Waals surface area contributed by atoms with Crippen molar-refractivity contribution in [3.8, 4) is 5.75 Å². The molecule has 0 saturated heterocycles. The van der Waals surface area contributed by atoms with Crippen molar-refractivity contribution in [3.05, 3.63) is 59.4 Å². The van der Waals surface area contributed by atoms with Gasteiger partial charge in [-0.2, -0.15) is 0 Å². The van der Waals surface area contributed by atoms with Crippen molar-refractivity contribution in [1.82, 2.24) is 10.3 Å². The monoisotopic (exact) mass is 318 g/mol. The number of ether oxygens (including phenoxy) is 1. The Kier molecular flexibility index (Phi) is 5.39. The highest BCUT2D eigenvalue weighted by molar-refractivity contribution is 6.30. The minimum absolute atomic E-state index is 0.168. The fourth-order valence-electron chi connectivity index (χ4n) is 1.91. The maximum Gasteiger partial charge on any atom is 0.263 e. The van der Waals surface area contributed by atoms with Gasteiger partial charge in [0.05, 0.1) is 0 Å². The molecule has 1 aromatic carbocycles. The molecule has 1 amide bonds. The lowest BCUT2D eigenvalue weighted by Crippen LogP contribution is -2.47. The third kappa shape index (κ3) is 4.74. The molecule has 0 fully saturated rings. The van der Waals surface area contributed by atoms with E-state index in [1.54, 1.807) is 44.3 Å². The van der Waals surface area contributed by atoms with Crippen LogP contribution in [0.3, 0.4) is 0 Å². The summed E-state index contributed by atoms with van der Waals surface area (Å²) in [6.45, 7) is 3.98. The van der Waals surface area contributed by atoms with Crippen molar-refractivity contribution >= 4 is 17.5 Å². The number of nitrogens with one attached hydrogen (secondary N) is 1. The van der Waals surface area contributed by atoms with Crippen LogP contribution in [0.1, 0.15) is 19.5 Å². The van der Waals surface area contributed by atoms with Gasteiger partial charge in [0.2, 0.25) is 0 Å². The average molecular weight is 319 g/mol. The van der Waals surface area contributed by atoms with Gasteiger partial charge in [0, 0.05) is 29.9 Å². The molecule has 22 heavy (non-hydrogen) atoms. The second-order valence-electron chi connectivity index (χ2n) is 5.39. The second kappa shape index (κ2) is 7.27. The molecule has 0 saturated carbocycles. The Balaban J connectivity index is 1.86. The topological polar surface area (TPSA) is 51.2 Å². The van der Waals surface area contributed by atoms with Crippen molar-refractivity contribution in [2.45, 2.75) is 25.9 Å². The summed E-state index contributed by atoms with van der Waals surface area (Å²) in [5.41, 5.74) is -0.0166. The Morgan fingerprint density at radius 3 is 2.59 bits per heavy atom. The van der Waals surface area contributed by atoms with Crippen molar-refractivity contribution in [3.63, 3.8) is 0 Å². The van der Waals surface area contributed by atoms with Crippen LogP contribution in [0, 0.1) is 0 Å². The summed E-state index contributed by atoms with van der Waals surface area (Å²) in [6, 6.07) is 12.7. The zero-order chi connectivity index (χ0) is 16.0. The molecule has 0 atom stereocenters. The summed E-state index contributed by atoms with van der Waals surface area (Å²) < 4.78 is 5.74. The van der Waals surface area contributed by atoms with Crippen LogP contribution in [-0.4, -0.2) is 23.0 Å². The van der Waals surface area contributed by atoms with Gasteiger partial charge in [-0.05, 0) is 50.2 Å². The van der Waals surface area contributed by atoms with Gasteiger partial charge in [0.25, 0.3) is 5.91 Å². The summed E-state index contributed by atoms with van der Waals surface area (Å²) in [4.78, 5) is 16.5. The molecular formula is C17H19ClN2O2. The summed E-state index contributed by atoms with van der Waals surface area (Å²) in [7, 11) is 0. The van der Waals surface area contributed by atoms with E-state index in [0.717, 1.165) is 5.69 Å². The summed E-state index contributed by atoms with van der Waals surface area (Å²) in [6.07, 6.45) is 2.42. The number of halogens is 1. The van der Waals surface area contributed by atoms with Crippen molar-refractivity contribution in [1.29, 1.82) is 0 Å². The van der Waals surface area contributed by atoms with Crippen LogP contribution in [0.15, 0.2) is 48.7 Å². The van der Waals surface area contributed by atoms with E-state index in [-0.39, 0.29) is 5.91 Å². The molecule has 2 rings (SSSR count). The number of aromatic nitrogens is 1. The van der Waals surface area contributed by atoms with E-state index in [9.17, 15) is 4.79 Å². The number of carbonyl (C=O) groups excluding carboxylic acids is 1. The van der Waals surface area contributed by atoms with Crippen molar-refractivity contribution < 1.29 is 9.53 Å². The molecule has 116 valence electrons. The van der Waals surface area contributed by atoms with Crippen LogP contribution < -0.4 is 10.1 Å². The first-order valence-electron chi connectivity index (χ1n) is 7.10. The summed E-state index contributed by atoms with van der Waals surface area (Å²) in [5.74, 6) is 0.438. The molecule has 0 aliphatic heterocycles. The van der Waals surface area contributed by atoms with Crippen LogP contribution in [0.25, 0.3) is 0 Å². The number of benzene rings is 1. The van der Waals surface area contributed by atoms with E-state index < -0.39 is 5.60 Å². The zero-order valence-electron chi connectivity index (χ0n) is 12.7. The molecule has 1 N–H and O–H groups in total. The number of hydrogen-bond donors (Lipinski definition) is 1. The SMILES string of the molecule is CC(C)(Oc1ccc(Cl)cc1)C(=O)NCCc1ccccn1. The standard InChI is InChI=1S/C17H19ClN2O2/c1-17(2,22-15-8-6-13(18)7-9-15)16(21)20-12-10-14-5-3-4-11-19-14/h3-9,11H,10,12H2,1-2H3,(H,20,21). The minimum Gasteiger partial charge on any atom is -0.478 e. The lowest BCUT2D eigenvalue weighted by Gasteiger charge is -2.25. The Morgan fingerprint density at radius 1 is 1.23 bits per heavy atom. The molecule has 0 spiro atoms. The number of pyridine rings is 1. The first-order chi connectivity index (χ1) is 10.5. The predicted molar refractivity (Wildman–Crippen MR) is 87.1 cm³/mol. The van der Waals surface area contributed by atoms with Gasteiger partial charge in [-0.3, -0.25) is 9.78 Å². The van der Waals surface area contributed by atoms with E-state index >= 15 is 0 Å². The lowest BCUT2D eigenvalue weighted by atomic mass is 10.1. The molecule has 0 unspecified atom stereocenters. The first-order valence-corrected chi connectivity index (χ1v) is 7.48. The molecule has 1 heterocycles. The van der Waals surface area contributed by atoms with Gasteiger partial charge >= 0.3 is 0 Å². The Morgan fingerprint density at radius 2 is 1.95 bits per heavy atom. The molecule has 0 aliphatic rings. The number of rotatable bonds is 6. The third-order valence-electron chi connectivity index (χ3n) is 3.13. The van der Waals surface area contributed by atoms with Gasteiger partial charge < -0.3 is 10.1 Å². The molecule has 1 aromatic heterocycles. The van der Waals surface area contributed by atoms with E-state index in [2.05, 4.69) is 10.3 Å². The normalized spacial score (nSPS) is 11.0.